The third-order valence-electron chi connectivity index (χ3n) is 3.25. The van der Waals surface area contributed by atoms with Gasteiger partial charge in [0.15, 0.2) is 6.61 Å². The molecule has 0 bridgehead atoms. The minimum absolute atomic E-state index is 0.487. The third kappa shape index (κ3) is 6.94. The normalized spacial score (nSPS) is 11.6. The summed E-state index contributed by atoms with van der Waals surface area (Å²) in [4.78, 5) is 34.0. The molecular weight excluding hydrogens is 350 g/mol. The maximum absolute atomic E-state index is 11.8. The zero-order valence-corrected chi connectivity index (χ0v) is 14.6. The lowest BCUT2D eigenvalue weighted by Gasteiger charge is -2.11. The van der Waals surface area contributed by atoms with Crippen LogP contribution in [0.3, 0.4) is 0 Å². The molecule has 0 heterocycles. The number of hydrogen-bond donors (Lipinski definition) is 3. The summed E-state index contributed by atoms with van der Waals surface area (Å²) >= 11 is 0. The zero-order valence-electron chi connectivity index (χ0n) is 14.6. The first-order valence-corrected chi connectivity index (χ1v) is 8.03. The van der Waals surface area contributed by atoms with Crippen molar-refractivity contribution in [2.75, 3.05) is 11.9 Å². The highest BCUT2D eigenvalue weighted by atomic mass is 16.5. The molecule has 3 amide bonds. The lowest BCUT2D eigenvalue weighted by Crippen LogP contribution is -2.43. The highest BCUT2D eigenvalue weighted by Crippen LogP contribution is 2.19. The predicted molar refractivity (Wildman–Crippen MR) is 98.8 cm³/mol. The van der Waals surface area contributed by atoms with Crippen LogP contribution in [-0.4, -0.2) is 30.6 Å². The van der Waals surface area contributed by atoms with Gasteiger partial charge in [-0.05, 0) is 43.3 Å². The number of hydrogen-bond acceptors (Lipinski definition) is 6. The summed E-state index contributed by atoms with van der Waals surface area (Å²) in [6.07, 6.45) is 0. The van der Waals surface area contributed by atoms with Crippen LogP contribution in [0.5, 0.6) is 0 Å². The topological polar surface area (TPSA) is 135 Å². The summed E-state index contributed by atoms with van der Waals surface area (Å²) in [5.41, 5.74) is 6.77. The van der Waals surface area contributed by atoms with Crippen molar-refractivity contribution in [2.45, 2.75) is 13.0 Å². The summed E-state index contributed by atoms with van der Waals surface area (Å²) in [5, 5.41) is 12.9. The number of benzene rings is 2. The number of amides is 3. The van der Waals surface area contributed by atoms with E-state index in [1.54, 1.807) is 24.3 Å². The first-order valence-electron chi connectivity index (χ1n) is 8.03. The van der Waals surface area contributed by atoms with Gasteiger partial charge in [0.25, 0.3) is 5.91 Å². The minimum Gasteiger partial charge on any atom is -0.454 e. The van der Waals surface area contributed by atoms with Crippen molar-refractivity contribution in [3.63, 3.8) is 0 Å². The number of carbonyl (C=O) groups is 3. The molecule has 0 aromatic heterocycles. The smallest absolute Gasteiger partial charge is 0.328 e. The number of esters is 1. The van der Waals surface area contributed by atoms with Crippen LogP contribution in [0.15, 0.2) is 64.8 Å². The number of nitrogens with zero attached hydrogens (tertiary/aromatic N) is 2. The van der Waals surface area contributed by atoms with Crippen molar-refractivity contribution >= 4 is 35.0 Å². The van der Waals surface area contributed by atoms with Gasteiger partial charge in [-0.25, -0.2) is 9.59 Å². The first-order chi connectivity index (χ1) is 12.9. The van der Waals surface area contributed by atoms with Crippen LogP contribution in [0, 0.1) is 0 Å². The number of primary amides is 1. The second-order valence-electron chi connectivity index (χ2n) is 5.47. The Morgan fingerprint density at radius 3 is 2.19 bits per heavy atom. The van der Waals surface area contributed by atoms with E-state index in [4.69, 9.17) is 10.5 Å². The van der Waals surface area contributed by atoms with E-state index in [0.29, 0.717) is 11.4 Å². The van der Waals surface area contributed by atoms with Crippen LogP contribution in [0.25, 0.3) is 0 Å². The Labute approximate surface area is 155 Å². The number of ether oxygens (including phenoxy) is 1. The summed E-state index contributed by atoms with van der Waals surface area (Å²) in [6, 6.07) is 14.2. The van der Waals surface area contributed by atoms with Gasteiger partial charge in [-0.2, -0.15) is 10.2 Å². The molecule has 0 aliphatic heterocycles. The molecule has 2 rings (SSSR count). The number of carbonyl (C=O) groups excluding carboxylic acids is 3. The van der Waals surface area contributed by atoms with E-state index in [-0.39, 0.29) is 0 Å². The molecule has 4 N–H and O–H groups in total. The number of urea groups is 1. The van der Waals surface area contributed by atoms with Crippen LogP contribution in [0.2, 0.25) is 0 Å². The fourth-order valence-electron chi connectivity index (χ4n) is 1.95. The predicted octanol–water partition coefficient (Wildman–Crippen LogP) is 2.64. The Hall–Kier alpha value is -3.75. The van der Waals surface area contributed by atoms with Crippen LogP contribution >= 0.6 is 0 Å². The molecule has 1 unspecified atom stereocenters. The molecule has 9 heteroatoms. The molecule has 0 aliphatic carbocycles. The molecule has 27 heavy (non-hydrogen) atoms. The average Bonchev–Trinajstić information content (AvgIpc) is 2.66. The van der Waals surface area contributed by atoms with Crippen molar-refractivity contribution in [3.8, 4) is 0 Å². The molecule has 0 aliphatic rings. The first kappa shape index (κ1) is 19.6. The van der Waals surface area contributed by atoms with E-state index in [0.717, 1.165) is 5.69 Å². The van der Waals surface area contributed by atoms with Crippen molar-refractivity contribution < 1.29 is 19.1 Å². The molecule has 9 nitrogen and oxygen atoms in total. The summed E-state index contributed by atoms with van der Waals surface area (Å²) in [7, 11) is 0. The van der Waals surface area contributed by atoms with E-state index in [9.17, 15) is 14.4 Å². The fourth-order valence-corrected chi connectivity index (χ4v) is 1.95. The van der Waals surface area contributed by atoms with Crippen molar-refractivity contribution in [1.82, 2.24) is 5.32 Å². The largest absolute Gasteiger partial charge is 0.454 e. The summed E-state index contributed by atoms with van der Waals surface area (Å²) in [5.74, 6) is -1.28. The van der Waals surface area contributed by atoms with Crippen molar-refractivity contribution in [2.24, 2.45) is 16.0 Å². The zero-order chi connectivity index (χ0) is 19.6. The lowest BCUT2D eigenvalue weighted by atomic mass is 10.3. The van der Waals surface area contributed by atoms with Gasteiger partial charge < -0.3 is 21.1 Å². The summed E-state index contributed by atoms with van der Waals surface area (Å²) < 4.78 is 4.80. The Morgan fingerprint density at radius 1 is 1.00 bits per heavy atom. The van der Waals surface area contributed by atoms with Crippen LogP contribution in [0.1, 0.15) is 6.92 Å². The molecule has 0 fully saturated rings. The quantitative estimate of drug-likeness (QED) is 0.510. The maximum Gasteiger partial charge on any atom is 0.328 e. The van der Waals surface area contributed by atoms with E-state index in [2.05, 4.69) is 20.9 Å². The summed E-state index contributed by atoms with van der Waals surface area (Å²) in [6.45, 7) is 0.910. The van der Waals surface area contributed by atoms with E-state index in [1.807, 2.05) is 30.3 Å². The molecule has 0 saturated heterocycles. The van der Waals surface area contributed by atoms with Crippen LogP contribution in [0.4, 0.5) is 21.9 Å². The molecule has 1 atom stereocenters. The van der Waals surface area contributed by atoms with E-state index in [1.165, 1.54) is 6.92 Å². The van der Waals surface area contributed by atoms with Crippen LogP contribution in [-0.2, 0) is 14.3 Å². The standard InChI is InChI=1S/C18H19N5O4/c1-12(20-18(19)26)17(25)27-11-16(24)21-13-7-9-15(10-8-13)23-22-14-5-3-2-4-6-14/h2-10,12H,11H2,1H3,(H,21,24)(H3,19,20,26). The molecule has 0 spiro atoms. The van der Waals surface area contributed by atoms with Gasteiger partial charge in [-0.15, -0.1) is 0 Å². The Morgan fingerprint density at radius 2 is 1.59 bits per heavy atom. The van der Waals surface area contributed by atoms with Gasteiger partial charge in [0, 0.05) is 5.69 Å². The molecule has 2 aromatic carbocycles. The van der Waals surface area contributed by atoms with Gasteiger partial charge in [0.2, 0.25) is 0 Å². The fraction of sp³-hybridized carbons (Fsp3) is 0.167. The Bertz CT molecular complexity index is 821. The number of nitrogens with two attached hydrogens (primary N) is 1. The number of azo groups is 1. The monoisotopic (exact) mass is 369 g/mol. The number of nitrogens with one attached hydrogen (secondary N) is 2. The molecular formula is C18H19N5O4. The highest BCUT2D eigenvalue weighted by Gasteiger charge is 2.16. The highest BCUT2D eigenvalue weighted by molar-refractivity contribution is 5.93. The van der Waals surface area contributed by atoms with Crippen molar-refractivity contribution in [3.05, 3.63) is 54.6 Å². The SMILES string of the molecule is CC(NC(N)=O)C(=O)OCC(=O)Nc1ccc(N=Nc2ccccc2)cc1. The van der Waals surface area contributed by atoms with Crippen LogP contribution < -0.4 is 16.4 Å². The van der Waals surface area contributed by atoms with Gasteiger partial charge in [-0.1, -0.05) is 18.2 Å². The minimum atomic E-state index is -0.940. The lowest BCUT2D eigenvalue weighted by molar-refractivity contribution is -0.148. The second kappa shape index (κ2) is 9.66. The van der Waals surface area contributed by atoms with E-state index < -0.39 is 30.6 Å². The van der Waals surface area contributed by atoms with E-state index >= 15 is 0 Å². The van der Waals surface area contributed by atoms with Gasteiger partial charge >= 0.3 is 12.0 Å². The van der Waals surface area contributed by atoms with Gasteiger partial charge in [-0.3, -0.25) is 4.79 Å². The Balaban J connectivity index is 1.81. The number of anilines is 1. The maximum atomic E-state index is 11.8. The molecule has 0 radical (unpaired) electrons. The number of rotatable bonds is 7. The Kier molecular flexibility index (Phi) is 7.00. The van der Waals surface area contributed by atoms with Gasteiger partial charge in [0.1, 0.15) is 6.04 Å². The molecule has 2 aromatic rings. The van der Waals surface area contributed by atoms with Gasteiger partial charge in [0.05, 0.1) is 11.4 Å². The third-order valence-corrected chi connectivity index (χ3v) is 3.25. The average molecular weight is 369 g/mol. The van der Waals surface area contributed by atoms with Crippen molar-refractivity contribution in [1.29, 1.82) is 0 Å². The molecule has 0 saturated carbocycles. The second-order valence-corrected chi connectivity index (χ2v) is 5.47. The molecule has 140 valence electrons.